The van der Waals surface area contributed by atoms with Crippen molar-refractivity contribution in [1.82, 2.24) is 9.88 Å². The minimum Gasteiger partial charge on any atom is -0.320 e. The highest BCUT2D eigenvalue weighted by Gasteiger charge is 2.43. The predicted octanol–water partition coefficient (Wildman–Crippen LogP) is 4.82. The van der Waals surface area contributed by atoms with E-state index in [4.69, 9.17) is 0 Å². The van der Waals surface area contributed by atoms with Gasteiger partial charge in [0.25, 0.3) is 5.92 Å². The normalized spacial score (nSPS) is 21.9. The molecule has 1 aliphatic carbocycles. The van der Waals surface area contributed by atoms with Crippen LogP contribution in [0.4, 0.5) is 18.9 Å². The highest BCUT2D eigenvalue weighted by Crippen LogP contribution is 2.40. The van der Waals surface area contributed by atoms with Gasteiger partial charge in [-0.05, 0) is 59.7 Å². The smallest absolute Gasteiger partial charge is 0.272 e. The Morgan fingerprint density at radius 3 is 2.79 bits per heavy atom. The number of nitrogens with one attached hydrogen (secondary N) is 1. The van der Waals surface area contributed by atoms with E-state index in [0.717, 1.165) is 23.2 Å². The van der Waals surface area contributed by atoms with E-state index in [1.54, 1.807) is 29.4 Å². The predicted molar refractivity (Wildman–Crippen MR) is 126 cm³/mol. The third kappa shape index (κ3) is 5.28. The molecule has 3 heterocycles. The SMILES string of the molecule is O=C(/C=C/c1cnccc1C1=CC(C2CC2)CN=C1)Nc1ccc(CN2CC(F)(F)C2)cc1F. The number of carbonyl (C=O) groups excluding carboxylic acids is 1. The molecule has 1 saturated heterocycles. The van der Waals surface area contributed by atoms with E-state index in [0.29, 0.717) is 17.4 Å². The number of pyridine rings is 1. The number of aromatic nitrogens is 1. The van der Waals surface area contributed by atoms with Crippen LogP contribution < -0.4 is 5.32 Å². The van der Waals surface area contributed by atoms with Crippen molar-refractivity contribution in [3.63, 3.8) is 0 Å². The number of alkyl halides is 2. The average molecular weight is 467 g/mol. The van der Waals surface area contributed by atoms with Crippen molar-refractivity contribution in [3.05, 3.63) is 71.3 Å². The molecule has 1 amide bonds. The maximum atomic E-state index is 14.5. The van der Waals surface area contributed by atoms with Gasteiger partial charge >= 0.3 is 0 Å². The number of rotatable bonds is 7. The fraction of sp³-hybridized carbons (Fsp3) is 0.346. The van der Waals surface area contributed by atoms with Crippen LogP contribution >= 0.6 is 0 Å². The highest BCUT2D eigenvalue weighted by atomic mass is 19.3. The first-order valence-electron chi connectivity index (χ1n) is 11.4. The summed E-state index contributed by atoms with van der Waals surface area (Å²) in [7, 11) is 0. The van der Waals surface area contributed by atoms with E-state index in [-0.39, 0.29) is 25.3 Å². The van der Waals surface area contributed by atoms with Crippen LogP contribution in [0.5, 0.6) is 0 Å². The molecule has 2 aliphatic heterocycles. The number of benzene rings is 1. The minimum atomic E-state index is -2.66. The van der Waals surface area contributed by atoms with Gasteiger partial charge in [-0.1, -0.05) is 12.1 Å². The summed E-state index contributed by atoms with van der Waals surface area (Å²) in [5, 5.41) is 2.54. The molecule has 0 spiro atoms. The Morgan fingerprint density at radius 2 is 2.06 bits per heavy atom. The lowest BCUT2D eigenvalue weighted by molar-refractivity contribution is -0.133. The highest BCUT2D eigenvalue weighted by molar-refractivity contribution is 6.12. The maximum Gasteiger partial charge on any atom is 0.272 e. The number of dihydropyridines is 1. The molecular formula is C26H25F3N4O. The fourth-order valence-electron chi connectivity index (χ4n) is 4.45. The molecule has 1 unspecified atom stereocenters. The van der Waals surface area contributed by atoms with Gasteiger partial charge < -0.3 is 5.32 Å². The monoisotopic (exact) mass is 466 g/mol. The van der Waals surface area contributed by atoms with Gasteiger partial charge in [0.05, 0.1) is 18.8 Å². The summed E-state index contributed by atoms with van der Waals surface area (Å²) >= 11 is 0. The molecule has 1 aromatic carbocycles. The van der Waals surface area contributed by atoms with Crippen LogP contribution in [0.1, 0.15) is 29.5 Å². The summed E-state index contributed by atoms with van der Waals surface area (Å²) in [6.45, 7) is 0.420. The number of hydrogen-bond donors (Lipinski definition) is 1. The van der Waals surface area contributed by atoms with Crippen LogP contribution in [-0.4, -0.2) is 47.6 Å². The molecule has 1 atom stereocenters. The molecule has 5 nitrogen and oxygen atoms in total. The fourth-order valence-corrected chi connectivity index (χ4v) is 4.45. The number of nitrogens with zero attached hydrogens (tertiary/aromatic N) is 3. The lowest BCUT2D eigenvalue weighted by Crippen LogP contribution is -2.55. The van der Waals surface area contributed by atoms with Crippen LogP contribution in [0.25, 0.3) is 11.6 Å². The molecule has 5 rings (SSSR count). The maximum absolute atomic E-state index is 14.5. The molecule has 1 N–H and O–H groups in total. The molecule has 0 bridgehead atoms. The number of likely N-dealkylation sites (tertiary alicyclic amines) is 1. The second-order valence-electron chi connectivity index (χ2n) is 9.22. The van der Waals surface area contributed by atoms with E-state index in [1.165, 1.54) is 31.1 Å². The van der Waals surface area contributed by atoms with Crippen LogP contribution in [0, 0.1) is 17.7 Å². The van der Waals surface area contributed by atoms with Gasteiger partial charge in [0.2, 0.25) is 5.91 Å². The van der Waals surface area contributed by atoms with Crippen LogP contribution in [0.15, 0.2) is 53.8 Å². The van der Waals surface area contributed by atoms with E-state index in [1.807, 2.05) is 12.3 Å². The molecule has 8 heteroatoms. The van der Waals surface area contributed by atoms with Crippen LogP contribution in [0.3, 0.4) is 0 Å². The molecule has 176 valence electrons. The van der Waals surface area contributed by atoms with Crippen molar-refractivity contribution in [2.24, 2.45) is 16.8 Å². The summed E-state index contributed by atoms with van der Waals surface area (Å²) in [4.78, 5) is 22.7. The molecule has 1 saturated carbocycles. The first kappa shape index (κ1) is 22.5. The zero-order valence-corrected chi connectivity index (χ0v) is 18.6. The Kier molecular flexibility index (Phi) is 6.08. The Bertz CT molecular complexity index is 1180. The van der Waals surface area contributed by atoms with Crippen LogP contribution in [0.2, 0.25) is 0 Å². The number of allylic oxidation sites excluding steroid dienone is 1. The summed E-state index contributed by atoms with van der Waals surface area (Å²) in [5.74, 6) is -2.58. The topological polar surface area (TPSA) is 57.6 Å². The van der Waals surface area contributed by atoms with Crippen molar-refractivity contribution < 1.29 is 18.0 Å². The number of anilines is 1. The van der Waals surface area contributed by atoms with Gasteiger partial charge in [0, 0.05) is 49.3 Å². The minimum absolute atomic E-state index is 0.0353. The zero-order valence-electron chi connectivity index (χ0n) is 18.6. The number of hydrogen-bond acceptors (Lipinski definition) is 4. The Hall–Kier alpha value is -3.26. The first-order valence-corrected chi connectivity index (χ1v) is 11.4. The van der Waals surface area contributed by atoms with Gasteiger partial charge in [-0.2, -0.15) is 0 Å². The van der Waals surface area contributed by atoms with Crippen molar-refractivity contribution in [1.29, 1.82) is 0 Å². The Balaban J connectivity index is 1.24. The zero-order chi connectivity index (χ0) is 23.7. The van der Waals surface area contributed by atoms with Gasteiger partial charge in [-0.25, -0.2) is 13.2 Å². The van der Waals surface area contributed by atoms with Gasteiger partial charge in [0.15, 0.2) is 0 Å². The van der Waals surface area contributed by atoms with E-state index < -0.39 is 17.6 Å². The second-order valence-corrected chi connectivity index (χ2v) is 9.22. The average Bonchev–Trinajstić information content (AvgIpc) is 3.64. The lowest BCUT2D eigenvalue weighted by Gasteiger charge is -2.38. The largest absolute Gasteiger partial charge is 0.320 e. The van der Waals surface area contributed by atoms with Crippen molar-refractivity contribution >= 4 is 29.5 Å². The third-order valence-electron chi connectivity index (χ3n) is 6.35. The Morgan fingerprint density at radius 1 is 1.24 bits per heavy atom. The molecular weight excluding hydrogens is 441 g/mol. The second kappa shape index (κ2) is 9.18. The molecule has 34 heavy (non-hydrogen) atoms. The first-order chi connectivity index (χ1) is 16.4. The van der Waals surface area contributed by atoms with Gasteiger partial charge in [-0.3, -0.25) is 19.7 Å². The third-order valence-corrected chi connectivity index (χ3v) is 6.35. The Labute approximate surface area is 196 Å². The summed E-state index contributed by atoms with van der Waals surface area (Å²) in [6.07, 6.45) is 13.0. The van der Waals surface area contributed by atoms with E-state index in [9.17, 15) is 18.0 Å². The molecule has 2 fully saturated rings. The molecule has 0 radical (unpaired) electrons. The lowest BCUT2D eigenvalue weighted by atomic mass is 9.93. The summed E-state index contributed by atoms with van der Waals surface area (Å²) in [6, 6.07) is 6.24. The molecule has 3 aliphatic rings. The summed E-state index contributed by atoms with van der Waals surface area (Å²) in [5.41, 5.74) is 3.35. The number of aliphatic imine (C=N–C) groups is 1. The summed E-state index contributed by atoms with van der Waals surface area (Å²) < 4.78 is 40.4. The quantitative estimate of drug-likeness (QED) is 0.596. The number of amides is 1. The molecule has 1 aromatic heterocycles. The number of carbonyl (C=O) groups is 1. The van der Waals surface area contributed by atoms with Crippen LogP contribution in [-0.2, 0) is 11.3 Å². The van der Waals surface area contributed by atoms with Gasteiger partial charge in [-0.15, -0.1) is 0 Å². The van der Waals surface area contributed by atoms with Gasteiger partial charge in [0.1, 0.15) is 5.82 Å². The van der Waals surface area contributed by atoms with E-state index >= 15 is 0 Å². The number of halogens is 3. The standard InChI is InChI=1S/C26H25F3N4O/c27-23-9-17(14-33-15-26(28,29)16-33)1-5-24(23)32-25(34)6-4-19-11-30-8-7-22(19)21-10-20(12-31-13-21)18-2-3-18/h1,4-11,13,18,20H,2-3,12,14-16H2,(H,32,34)/b6-4+. The van der Waals surface area contributed by atoms with Crippen molar-refractivity contribution in [3.8, 4) is 0 Å². The molecule has 2 aromatic rings. The van der Waals surface area contributed by atoms with Crippen molar-refractivity contribution in [2.45, 2.75) is 25.3 Å². The van der Waals surface area contributed by atoms with E-state index in [2.05, 4.69) is 21.4 Å². The van der Waals surface area contributed by atoms with Crippen molar-refractivity contribution in [2.75, 3.05) is 25.0 Å².